The Balaban J connectivity index is 0. The quantitative estimate of drug-likeness (QED) is 0.481. The predicted molar refractivity (Wildman–Crippen MR) is 59.6 cm³/mol. The van der Waals surface area contributed by atoms with Gasteiger partial charge in [0, 0.05) is 0 Å². The monoisotopic (exact) mass is 172 g/mol. The molecule has 76 valence electrons. The lowest BCUT2D eigenvalue weighted by atomic mass is 9.88. The standard InChI is InChI=1S/C5H10.C3H6.2C2H6/c1-5-3-2-4-5;1-2-3-1;2*1-2/h5H,2-4H2,1H3;1-3H2;2*1-2H3. The van der Waals surface area contributed by atoms with Gasteiger partial charge in [-0.1, -0.05) is 73.1 Å². The first kappa shape index (κ1) is 14.5. The van der Waals surface area contributed by atoms with Crippen molar-refractivity contribution in [2.24, 2.45) is 5.92 Å². The van der Waals surface area contributed by atoms with Gasteiger partial charge in [0.25, 0.3) is 0 Å². The molecule has 0 spiro atoms. The first-order valence-corrected chi connectivity index (χ1v) is 5.89. The van der Waals surface area contributed by atoms with Gasteiger partial charge in [-0.2, -0.15) is 0 Å². The number of hydrogen-bond donors (Lipinski definition) is 0. The number of rotatable bonds is 0. The summed E-state index contributed by atoms with van der Waals surface area (Å²) in [6.45, 7) is 10.3. The van der Waals surface area contributed by atoms with Gasteiger partial charge in [0.05, 0.1) is 0 Å². The zero-order valence-corrected chi connectivity index (χ0v) is 9.82. The Kier molecular flexibility index (Phi) is 16.4. The lowest BCUT2D eigenvalue weighted by Crippen LogP contribution is -2.04. The normalized spacial score (nSPS) is 17.8. The van der Waals surface area contributed by atoms with E-state index in [-0.39, 0.29) is 0 Å². The molecule has 2 saturated carbocycles. The van der Waals surface area contributed by atoms with Gasteiger partial charge in [-0.05, 0) is 5.92 Å². The van der Waals surface area contributed by atoms with Gasteiger partial charge in [-0.3, -0.25) is 0 Å². The van der Waals surface area contributed by atoms with E-state index in [0.29, 0.717) is 0 Å². The van der Waals surface area contributed by atoms with E-state index in [0.717, 1.165) is 5.92 Å². The summed E-state index contributed by atoms with van der Waals surface area (Å²) < 4.78 is 0. The van der Waals surface area contributed by atoms with E-state index in [2.05, 4.69) is 6.92 Å². The van der Waals surface area contributed by atoms with E-state index < -0.39 is 0 Å². The molecule has 0 aromatic carbocycles. The van der Waals surface area contributed by atoms with Crippen molar-refractivity contribution in [3.8, 4) is 0 Å². The first-order valence-electron chi connectivity index (χ1n) is 5.89. The Morgan fingerprint density at radius 2 is 0.917 bits per heavy atom. The molecule has 0 aromatic rings. The average Bonchev–Trinajstić information content (AvgIpc) is 2.94. The second-order valence-electron chi connectivity index (χ2n) is 3.10. The van der Waals surface area contributed by atoms with Gasteiger partial charge in [0.2, 0.25) is 0 Å². The van der Waals surface area contributed by atoms with Gasteiger partial charge < -0.3 is 0 Å². The Bertz CT molecular complexity index is 48.3. The van der Waals surface area contributed by atoms with Gasteiger partial charge in [-0.15, -0.1) is 0 Å². The Morgan fingerprint density at radius 3 is 0.917 bits per heavy atom. The van der Waals surface area contributed by atoms with Crippen molar-refractivity contribution in [1.29, 1.82) is 0 Å². The second-order valence-corrected chi connectivity index (χ2v) is 3.10. The smallest absolute Gasteiger partial charge is 0.0443 e. The van der Waals surface area contributed by atoms with Crippen LogP contribution >= 0.6 is 0 Å². The first-order chi connectivity index (χ1) is 5.89. The molecular weight excluding hydrogens is 144 g/mol. The molecule has 2 fully saturated rings. The van der Waals surface area contributed by atoms with E-state index in [1.165, 1.54) is 38.5 Å². The highest BCUT2D eigenvalue weighted by Gasteiger charge is 2.09. The van der Waals surface area contributed by atoms with Crippen LogP contribution < -0.4 is 0 Å². The molecule has 0 bridgehead atoms. The lowest BCUT2D eigenvalue weighted by Gasteiger charge is -2.18. The van der Waals surface area contributed by atoms with Crippen molar-refractivity contribution in [2.75, 3.05) is 0 Å². The minimum absolute atomic E-state index is 1.06. The van der Waals surface area contributed by atoms with E-state index in [4.69, 9.17) is 0 Å². The van der Waals surface area contributed by atoms with Crippen LogP contribution in [0.3, 0.4) is 0 Å². The molecule has 0 amide bonds. The third kappa shape index (κ3) is 16.5. The zero-order valence-electron chi connectivity index (χ0n) is 9.82. The summed E-state index contributed by atoms with van der Waals surface area (Å²) in [5, 5.41) is 0. The minimum atomic E-state index is 1.06. The fourth-order valence-corrected chi connectivity index (χ4v) is 0.612. The Hall–Kier alpha value is 0. The van der Waals surface area contributed by atoms with E-state index in [9.17, 15) is 0 Å². The van der Waals surface area contributed by atoms with Crippen LogP contribution in [-0.4, -0.2) is 0 Å². The molecule has 0 heteroatoms. The van der Waals surface area contributed by atoms with Crippen molar-refractivity contribution in [2.45, 2.75) is 73.1 Å². The van der Waals surface area contributed by atoms with E-state index in [1.807, 2.05) is 27.7 Å². The number of hydrogen-bond acceptors (Lipinski definition) is 0. The molecule has 2 aliphatic rings. The van der Waals surface area contributed by atoms with Gasteiger partial charge in [-0.25, -0.2) is 0 Å². The molecule has 2 aliphatic carbocycles. The van der Waals surface area contributed by atoms with Gasteiger partial charge in [0.1, 0.15) is 0 Å². The van der Waals surface area contributed by atoms with Gasteiger partial charge >= 0.3 is 0 Å². The molecule has 0 unspecified atom stereocenters. The third-order valence-corrected chi connectivity index (χ3v) is 1.75. The van der Waals surface area contributed by atoms with E-state index in [1.54, 1.807) is 0 Å². The van der Waals surface area contributed by atoms with Crippen LogP contribution in [0.25, 0.3) is 0 Å². The summed E-state index contributed by atoms with van der Waals surface area (Å²) in [6, 6.07) is 0. The maximum absolute atomic E-state index is 2.31. The largest absolute Gasteiger partial charge is 0.0683 e. The molecule has 0 aromatic heterocycles. The van der Waals surface area contributed by atoms with Crippen molar-refractivity contribution in [3.63, 3.8) is 0 Å². The van der Waals surface area contributed by atoms with Gasteiger partial charge in [0.15, 0.2) is 0 Å². The zero-order chi connectivity index (χ0) is 9.82. The summed E-state index contributed by atoms with van der Waals surface area (Å²) in [5.74, 6) is 1.06. The SMILES string of the molecule is C1CC1.CC.CC.CC1CCC1. The minimum Gasteiger partial charge on any atom is -0.0683 e. The molecule has 0 saturated heterocycles. The summed E-state index contributed by atoms with van der Waals surface area (Å²) in [4.78, 5) is 0. The molecule has 0 heterocycles. The molecule has 0 atom stereocenters. The average molecular weight is 172 g/mol. The molecule has 0 radical (unpaired) electrons. The van der Waals surface area contributed by atoms with Crippen LogP contribution in [0.15, 0.2) is 0 Å². The fourth-order valence-electron chi connectivity index (χ4n) is 0.612. The summed E-state index contributed by atoms with van der Waals surface area (Å²) in [5.41, 5.74) is 0. The van der Waals surface area contributed by atoms with Crippen LogP contribution in [0.5, 0.6) is 0 Å². The van der Waals surface area contributed by atoms with E-state index >= 15 is 0 Å². The third-order valence-electron chi connectivity index (χ3n) is 1.75. The summed E-state index contributed by atoms with van der Waals surface area (Å²) in [7, 11) is 0. The lowest BCUT2D eigenvalue weighted by molar-refractivity contribution is 0.346. The highest BCUT2D eigenvalue weighted by Crippen LogP contribution is 2.24. The second kappa shape index (κ2) is 13.6. The summed E-state index contributed by atoms with van der Waals surface area (Å²) >= 11 is 0. The predicted octanol–water partition coefficient (Wildman–Crippen LogP) is 5.03. The topological polar surface area (TPSA) is 0 Å². The van der Waals surface area contributed by atoms with Crippen molar-refractivity contribution in [1.82, 2.24) is 0 Å². The highest BCUT2D eigenvalue weighted by molar-refractivity contribution is 4.62. The highest BCUT2D eigenvalue weighted by atomic mass is 14.1. The molecule has 0 N–H and O–H groups in total. The maximum Gasteiger partial charge on any atom is -0.0443 e. The molecule has 0 nitrogen and oxygen atoms in total. The molecule has 2 rings (SSSR count). The van der Waals surface area contributed by atoms with Crippen LogP contribution in [0.2, 0.25) is 0 Å². The molecule has 12 heavy (non-hydrogen) atoms. The van der Waals surface area contributed by atoms with Crippen LogP contribution in [0.4, 0.5) is 0 Å². The fraction of sp³-hybridized carbons (Fsp3) is 1.00. The van der Waals surface area contributed by atoms with Crippen molar-refractivity contribution >= 4 is 0 Å². The molecular formula is C12H28. The van der Waals surface area contributed by atoms with Crippen LogP contribution in [0.1, 0.15) is 73.1 Å². The summed E-state index contributed by atoms with van der Waals surface area (Å²) in [6.07, 6.45) is 8.96. The maximum atomic E-state index is 2.31. The Labute approximate surface area is 79.8 Å². The van der Waals surface area contributed by atoms with Crippen LogP contribution in [0, 0.1) is 5.92 Å². The molecule has 0 aliphatic heterocycles. The van der Waals surface area contributed by atoms with Crippen LogP contribution in [-0.2, 0) is 0 Å². The van der Waals surface area contributed by atoms with Crippen molar-refractivity contribution < 1.29 is 0 Å². The Morgan fingerprint density at radius 1 is 0.667 bits per heavy atom. The van der Waals surface area contributed by atoms with Crippen molar-refractivity contribution in [3.05, 3.63) is 0 Å².